The Kier molecular flexibility index (Phi) is 11.6. The zero-order chi connectivity index (χ0) is 31.9. The van der Waals surface area contributed by atoms with Crippen LogP contribution >= 0.6 is 23.2 Å². The van der Waals surface area contributed by atoms with Crippen LogP contribution in [0.1, 0.15) is 44.7 Å². The molecule has 232 valence electrons. The first-order valence-electron chi connectivity index (χ1n) is 13.6. The molecule has 3 rings (SSSR count). The van der Waals surface area contributed by atoms with Gasteiger partial charge in [-0.05, 0) is 57.0 Å². The summed E-state index contributed by atoms with van der Waals surface area (Å²) in [7, 11) is -3.90. The van der Waals surface area contributed by atoms with Crippen molar-refractivity contribution in [1.29, 1.82) is 0 Å². The molecule has 1 N–H and O–H groups in total. The molecule has 7 nitrogen and oxygen atoms in total. The van der Waals surface area contributed by atoms with Crippen LogP contribution in [0.5, 0.6) is 0 Å². The summed E-state index contributed by atoms with van der Waals surface area (Å²) in [4.78, 5) is 29.0. The van der Waals surface area contributed by atoms with Crippen molar-refractivity contribution in [2.24, 2.45) is 0 Å². The second-order valence-corrected chi connectivity index (χ2v) is 13.9. The van der Waals surface area contributed by atoms with E-state index < -0.39 is 39.1 Å². The summed E-state index contributed by atoms with van der Waals surface area (Å²) < 4.78 is 53.3. The SMILES string of the molecule is CC(C)(C)NC(=O)[C@H](Cc1ccccc1)N(Cc1c(Cl)cccc1Cl)C(=O)CCCN(c1ccc(F)c(F)c1)S(C)(=O)=O. The van der Waals surface area contributed by atoms with E-state index in [-0.39, 0.29) is 43.9 Å². The van der Waals surface area contributed by atoms with Crippen LogP contribution in [0.2, 0.25) is 10.0 Å². The lowest BCUT2D eigenvalue weighted by molar-refractivity contribution is -0.142. The number of anilines is 1. The van der Waals surface area contributed by atoms with Gasteiger partial charge in [0, 0.05) is 53.1 Å². The number of hydrogen-bond donors (Lipinski definition) is 1. The van der Waals surface area contributed by atoms with Crippen LogP contribution in [0.3, 0.4) is 0 Å². The van der Waals surface area contributed by atoms with Crippen molar-refractivity contribution in [2.75, 3.05) is 17.1 Å². The molecule has 1 atom stereocenters. The van der Waals surface area contributed by atoms with E-state index in [0.717, 1.165) is 34.3 Å². The Labute approximate surface area is 261 Å². The molecule has 0 heterocycles. The highest BCUT2D eigenvalue weighted by atomic mass is 35.5. The van der Waals surface area contributed by atoms with E-state index in [1.54, 1.807) is 18.2 Å². The molecule has 0 aliphatic carbocycles. The summed E-state index contributed by atoms with van der Waals surface area (Å²) in [5.74, 6) is -3.13. The molecule has 3 aromatic rings. The normalized spacial score (nSPS) is 12.5. The second kappa shape index (κ2) is 14.5. The highest BCUT2D eigenvalue weighted by molar-refractivity contribution is 7.92. The van der Waals surface area contributed by atoms with Crippen LogP contribution < -0.4 is 9.62 Å². The summed E-state index contributed by atoms with van der Waals surface area (Å²) >= 11 is 12.9. The molecule has 0 unspecified atom stereocenters. The zero-order valence-electron chi connectivity index (χ0n) is 24.4. The number of rotatable bonds is 12. The van der Waals surface area contributed by atoms with Crippen LogP contribution in [0.25, 0.3) is 0 Å². The maximum absolute atomic E-state index is 13.9. The van der Waals surface area contributed by atoms with E-state index >= 15 is 0 Å². The van der Waals surface area contributed by atoms with Crippen molar-refractivity contribution in [3.05, 3.63) is 99.5 Å². The smallest absolute Gasteiger partial charge is 0.243 e. The van der Waals surface area contributed by atoms with Crippen molar-refractivity contribution in [3.8, 4) is 0 Å². The van der Waals surface area contributed by atoms with E-state index in [1.165, 1.54) is 4.90 Å². The third-order valence-corrected chi connectivity index (χ3v) is 8.41. The van der Waals surface area contributed by atoms with Gasteiger partial charge in [-0.2, -0.15) is 0 Å². The number of nitrogens with one attached hydrogen (secondary N) is 1. The first-order chi connectivity index (χ1) is 20.1. The van der Waals surface area contributed by atoms with Crippen molar-refractivity contribution in [3.63, 3.8) is 0 Å². The minimum absolute atomic E-state index is 0.0244. The van der Waals surface area contributed by atoms with Gasteiger partial charge in [0.25, 0.3) is 0 Å². The average Bonchev–Trinajstić information content (AvgIpc) is 2.90. The van der Waals surface area contributed by atoms with E-state index in [2.05, 4.69) is 5.32 Å². The molecule has 0 saturated heterocycles. The molecule has 3 aromatic carbocycles. The van der Waals surface area contributed by atoms with Crippen LogP contribution in [0, 0.1) is 11.6 Å². The monoisotopic (exact) mass is 653 g/mol. The summed E-state index contributed by atoms with van der Waals surface area (Å²) in [5.41, 5.74) is 0.616. The van der Waals surface area contributed by atoms with E-state index in [0.29, 0.717) is 15.6 Å². The maximum Gasteiger partial charge on any atom is 0.243 e. The van der Waals surface area contributed by atoms with E-state index in [9.17, 15) is 26.8 Å². The molecule has 0 radical (unpaired) electrons. The topological polar surface area (TPSA) is 86.8 Å². The predicted molar refractivity (Wildman–Crippen MR) is 167 cm³/mol. The molecule has 0 aromatic heterocycles. The molecular weight excluding hydrogens is 619 g/mol. The minimum atomic E-state index is -3.90. The lowest BCUT2D eigenvalue weighted by Crippen LogP contribution is -2.54. The van der Waals surface area contributed by atoms with Gasteiger partial charge in [0.05, 0.1) is 11.9 Å². The summed E-state index contributed by atoms with van der Waals surface area (Å²) in [5, 5.41) is 3.60. The highest BCUT2D eigenvalue weighted by Gasteiger charge is 2.33. The predicted octanol–water partition coefficient (Wildman–Crippen LogP) is 6.37. The first kappa shape index (κ1) is 34.3. The highest BCUT2D eigenvalue weighted by Crippen LogP contribution is 2.28. The molecule has 12 heteroatoms. The summed E-state index contributed by atoms with van der Waals surface area (Å²) in [6.45, 7) is 5.23. The van der Waals surface area contributed by atoms with Crippen molar-refractivity contribution < 1.29 is 26.8 Å². The number of amides is 2. The molecule has 0 aliphatic heterocycles. The molecule has 0 saturated carbocycles. The molecule has 2 amide bonds. The zero-order valence-corrected chi connectivity index (χ0v) is 26.7. The Morgan fingerprint density at radius 1 is 0.930 bits per heavy atom. The minimum Gasteiger partial charge on any atom is -0.350 e. The third-order valence-electron chi connectivity index (χ3n) is 6.50. The van der Waals surface area contributed by atoms with Crippen LogP contribution in [-0.4, -0.2) is 49.5 Å². The fourth-order valence-corrected chi connectivity index (χ4v) is 5.98. The third kappa shape index (κ3) is 9.91. The van der Waals surface area contributed by atoms with Crippen molar-refractivity contribution >= 4 is 50.7 Å². The second-order valence-electron chi connectivity index (χ2n) is 11.2. The summed E-state index contributed by atoms with van der Waals surface area (Å²) in [6, 6.07) is 16.0. The van der Waals surface area contributed by atoms with Crippen LogP contribution in [0.15, 0.2) is 66.7 Å². The van der Waals surface area contributed by atoms with E-state index in [1.807, 2.05) is 51.1 Å². The molecule has 0 aliphatic rings. The van der Waals surface area contributed by atoms with Gasteiger partial charge < -0.3 is 10.2 Å². The number of halogens is 4. The van der Waals surface area contributed by atoms with Crippen LogP contribution in [-0.2, 0) is 32.6 Å². The Balaban J connectivity index is 1.95. The van der Waals surface area contributed by atoms with Gasteiger partial charge in [0.15, 0.2) is 11.6 Å². The largest absolute Gasteiger partial charge is 0.350 e. The van der Waals surface area contributed by atoms with Gasteiger partial charge in [-0.1, -0.05) is 59.6 Å². The Bertz CT molecular complexity index is 1530. The van der Waals surface area contributed by atoms with Gasteiger partial charge in [0.2, 0.25) is 21.8 Å². The van der Waals surface area contributed by atoms with E-state index in [4.69, 9.17) is 23.2 Å². The fourth-order valence-electron chi connectivity index (χ4n) is 4.50. The van der Waals surface area contributed by atoms with Gasteiger partial charge in [0.1, 0.15) is 6.04 Å². The quantitative estimate of drug-likeness (QED) is 0.246. The number of nitrogens with zero attached hydrogens (tertiary/aromatic N) is 2. The lowest BCUT2D eigenvalue weighted by Gasteiger charge is -2.34. The van der Waals surface area contributed by atoms with Gasteiger partial charge in [-0.3, -0.25) is 13.9 Å². The molecule has 0 fully saturated rings. The molecule has 0 spiro atoms. The average molecular weight is 655 g/mol. The van der Waals surface area contributed by atoms with Crippen LogP contribution in [0.4, 0.5) is 14.5 Å². The number of hydrogen-bond acceptors (Lipinski definition) is 4. The number of carbonyl (C=O) groups is 2. The van der Waals surface area contributed by atoms with Crippen molar-refractivity contribution in [2.45, 2.75) is 58.2 Å². The van der Waals surface area contributed by atoms with Gasteiger partial charge in [-0.15, -0.1) is 0 Å². The maximum atomic E-state index is 13.9. The first-order valence-corrected chi connectivity index (χ1v) is 16.2. The molecular formula is C31H35Cl2F2N3O4S. The van der Waals surface area contributed by atoms with Crippen molar-refractivity contribution in [1.82, 2.24) is 10.2 Å². The molecule has 43 heavy (non-hydrogen) atoms. The number of benzene rings is 3. The van der Waals surface area contributed by atoms with Gasteiger partial charge >= 0.3 is 0 Å². The lowest BCUT2D eigenvalue weighted by atomic mass is 10.00. The Morgan fingerprint density at radius 2 is 1.56 bits per heavy atom. The number of carbonyl (C=O) groups excluding carboxylic acids is 2. The Morgan fingerprint density at radius 3 is 2.12 bits per heavy atom. The molecule has 0 bridgehead atoms. The fraction of sp³-hybridized carbons (Fsp3) is 0.355. The summed E-state index contributed by atoms with van der Waals surface area (Å²) in [6.07, 6.45) is 0.998. The standard InChI is InChI=1S/C31H35Cl2F2N3O4S/c1-31(2,3)36-30(40)28(18-21-10-6-5-7-11-21)37(20-23-24(32)12-8-13-25(23)33)29(39)14-9-17-38(43(4,41)42)22-15-16-26(34)27(35)19-22/h5-8,10-13,15-16,19,28H,9,14,17-18,20H2,1-4H3,(H,36,40)/t28-/m0/s1. The van der Waals surface area contributed by atoms with Gasteiger partial charge in [-0.25, -0.2) is 17.2 Å². The Hall–Kier alpha value is -3.21. The number of sulfonamides is 1.